The van der Waals surface area contributed by atoms with Crippen molar-refractivity contribution in [2.75, 3.05) is 19.6 Å². The molecule has 0 saturated carbocycles. The largest absolute Gasteiger partial charge is 0.508 e. The molecule has 1 aliphatic heterocycles. The molecule has 7 heteroatoms. The van der Waals surface area contributed by atoms with Crippen molar-refractivity contribution in [3.05, 3.63) is 108 Å². The van der Waals surface area contributed by atoms with E-state index in [4.69, 9.17) is 0 Å². The first-order valence-corrected chi connectivity index (χ1v) is 12.3. The number of carboxylic acid groups (broad SMARTS) is 1. The summed E-state index contributed by atoms with van der Waals surface area (Å²) < 4.78 is 1.99. The molecular weight excluding hydrogens is 466 g/mol. The van der Waals surface area contributed by atoms with Crippen LogP contribution in [0.5, 0.6) is 5.75 Å². The smallest absolute Gasteiger partial charge is 0.407 e. The molecule has 1 aliphatic rings. The van der Waals surface area contributed by atoms with Gasteiger partial charge in [0.1, 0.15) is 5.75 Å². The molecule has 188 valence electrons. The van der Waals surface area contributed by atoms with E-state index in [-0.39, 0.29) is 30.8 Å². The van der Waals surface area contributed by atoms with Crippen molar-refractivity contribution in [3.8, 4) is 22.7 Å². The SMILES string of the molecule is Cc1cc(C(=O)N2CCN(C(=O)O)C[C@H]2Cc2ccccc2)c(-c2ccccc2)n1-c1cccc(O)c1. The first-order chi connectivity index (χ1) is 17.9. The number of hydrogen-bond donors (Lipinski definition) is 2. The Morgan fingerprint density at radius 2 is 1.59 bits per heavy atom. The topological polar surface area (TPSA) is 86.0 Å². The normalized spacial score (nSPS) is 15.5. The minimum atomic E-state index is -0.971. The lowest BCUT2D eigenvalue weighted by Gasteiger charge is -2.40. The third kappa shape index (κ3) is 4.93. The zero-order valence-electron chi connectivity index (χ0n) is 20.6. The van der Waals surface area contributed by atoms with Crippen LogP contribution in [0.25, 0.3) is 16.9 Å². The summed E-state index contributed by atoms with van der Waals surface area (Å²) in [4.78, 5) is 29.2. The highest BCUT2D eigenvalue weighted by molar-refractivity contribution is 6.01. The van der Waals surface area contributed by atoms with E-state index in [2.05, 4.69) is 0 Å². The third-order valence-electron chi connectivity index (χ3n) is 6.88. The molecule has 5 rings (SSSR count). The van der Waals surface area contributed by atoms with Crippen molar-refractivity contribution in [3.63, 3.8) is 0 Å². The van der Waals surface area contributed by atoms with Crippen LogP contribution in [-0.2, 0) is 6.42 Å². The highest BCUT2D eigenvalue weighted by atomic mass is 16.4. The van der Waals surface area contributed by atoms with Gasteiger partial charge in [-0.3, -0.25) is 4.79 Å². The van der Waals surface area contributed by atoms with E-state index in [1.165, 1.54) is 4.90 Å². The van der Waals surface area contributed by atoms with E-state index in [0.29, 0.717) is 18.5 Å². The molecule has 0 aliphatic carbocycles. The van der Waals surface area contributed by atoms with E-state index in [9.17, 15) is 19.8 Å². The van der Waals surface area contributed by atoms with Crippen LogP contribution >= 0.6 is 0 Å². The number of carbonyl (C=O) groups excluding carboxylic acids is 1. The number of aromatic hydroxyl groups is 1. The second-order valence-corrected chi connectivity index (χ2v) is 9.34. The van der Waals surface area contributed by atoms with Crippen molar-refractivity contribution < 1.29 is 19.8 Å². The van der Waals surface area contributed by atoms with Crippen molar-refractivity contribution in [2.45, 2.75) is 19.4 Å². The predicted molar refractivity (Wildman–Crippen MR) is 142 cm³/mol. The average molecular weight is 496 g/mol. The fourth-order valence-electron chi connectivity index (χ4n) is 5.16. The van der Waals surface area contributed by atoms with E-state index in [1.54, 1.807) is 18.2 Å². The summed E-state index contributed by atoms with van der Waals surface area (Å²) in [5.74, 6) is 0.0111. The minimum Gasteiger partial charge on any atom is -0.508 e. The van der Waals surface area contributed by atoms with E-state index >= 15 is 0 Å². The van der Waals surface area contributed by atoms with Gasteiger partial charge in [0, 0.05) is 37.1 Å². The van der Waals surface area contributed by atoms with Gasteiger partial charge in [0.2, 0.25) is 0 Å². The molecule has 2 amide bonds. The molecule has 0 radical (unpaired) electrons. The lowest BCUT2D eigenvalue weighted by atomic mass is 10.00. The standard InChI is InChI=1S/C30H29N3O4/c1-21-17-27(28(23-11-6-3-7-12-23)33(21)24-13-8-14-26(34)19-24)29(35)32-16-15-31(30(36)37)20-25(32)18-22-9-4-2-5-10-22/h2-14,17,19,25,34H,15-16,18,20H2,1H3,(H,36,37)/t25-/m1/s1. The molecular formula is C30H29N3O4. The summed E-state index contributed by atoms with van der Waals surface area (Å²) in [5, 5.41) is 19.8. The van der Waals surface area contributed by atoms with E-state index in [1.807, 2.05) is 89.2 Å². The van der Waals surface area contributed by atoms with Gasteiger partial charge in [-0.05, 0) is 42.7 Å². The van der Waals surface area contributed by atoms with Gasteiger partial charge in [-0.2, -0.15) is 0 Å². The zero-order chi connectivity index (χ0) is 25.9. The summed E-state index contributed by atoms with van der Waals surface area (Å²) in [6.07, 6.45) is -0.412. The van der Waals surface area contributed by atoms with Gasteiger partial charge >= 0.3 is 6.09 Å². The number of nitrogens with zero attached hydrogens (tertiary/aromatic N) is 3. The summed E-state index contributed by atoms with van der Waals surface area (Å²) in [6.45, 7) is 2.77. The summed E-state index contributed by atoms with van der Waals surface area (Å²) >= 11 is 0. The van der Waals surface area contributed by atoms with Gasteiger partial charge in [0.25, 0.3) is 5.91 Å². The van der Waals surface area contributed by atoms with E-state index < -0.39 is 6.09 Å². The Morgan fingerprint density at radius 3 is 2.27 bits per heavy atom. The monoisotopic (exact) mass is 495 g/mol. The molecule has 0 spiro atoms. The number of phenolic OH excluding ortho intramolecular Hbond substituents is 1. The Bertz CT molecular complexity index is 1420. The Labute approximate surface area is 215 Å². The maximum Gasteiger partial charge on any atom is 0.407 e. The van der Waals surface area contributed by atoms with Gasteiger partial charge < -0.3 is 24.6 Å². The summed E-state index contributed by atoms with van der Waals surface area (Å²) in [6, 6.07) is 28.1. The number of phenols is 1. The molecule has 1 fully saturated rings. The van der Waals surface area contributed by atoms with Crippen LogP contribution in [0, 0.1) is 6.92 Å². The number of rotatable bonds is 5. The van der Waals surface area contributed by atoms with Gasteiger partial charge in [0.05, 0.1) is 17.3 Å². The number of carbonyl (C=O) groups is 2. The first-order valence-electron chi connectivity index (χ1n) is 12.3. The second-order valence-electron chi connectivity index (χ2n) is 9.34. The molecule has 3 aromatic carbocycles. The van der Waals surface area contributed by atoms with Gasteiger partial charge in [-0.1, -0.05) is 66.7 Å². The summed E-state index contributed by atoms with van der Waals surface area (Å²) in [5.41, 5.74) is 4.84. The van der Waals surface area contributed by atoms with E-state index in [0.717, 1.165) is 28.2 Å². The molecule has 0 bridgehead atoms. The van der Waals surface area contributed by atoms with Crippen molar-refractivity contribution in [1.29, 1.82) is 0 Å². The molecule has 7 nitrogen and oxygen atoms in total. The van der Waals surface area contributed by atoms with Crippen LogP contribution in [0.1, 0.15) is 21.6 Å². The molecule has 1 atom stereocenters. The van der Waals surface area contributed by atoms with Crippen LogP contribution in [-0.4, -0.2) is 62.3 Å². The van der Waals surface area contributed by atoms with Gasteiger partial charge in [-0.25, -0.2) is 4.79 Å². The quantitative estimate of drug-likeness (QED) is 0.398. The molecule has 0 unspecified atom stereocenters. The van der Waals surface area contributed by atoms with Crippen molar-refractivity contribution in [2.24, 2.45) is 0 Å². The molecule has 2 N–H and O–H groups in total. The molecule has 1 aromatic heterocycles. The molecule has 37 heavy (non-hydrogen) atoms. The Hall–Kier alpha value is -4.52. The van der Waals surface area contributed by atoms with Crippen LogP contribution in [0.2, 0.25) is 0 Å². The first kappa shape index (κ1) is 24.2. The number of amides is 2. The third-order valence-corrected chi connectivity index (χ3v) is 6.88. The predicted octanol–water partition coefficient (Wildman–Crippen LogP) is 5.21. The van der Waals surface area contributed by atoms with Gasteiger partial charge in [0.15, 0.2) is 0 Å². The Kier molecular flexibility index (Phi) is 6.68. The Balaban J connectivity index is 1.59. The second kappa shape index (κ2) is 10.2. The lowest BCUT2D eigenvalue weighted by molar-refractivity contribution is 0.0451. The maximum atomic E-state index is 14.2. The maximum absolute atomic E-state index is 14.2. The zero-order valence-corrected chi connectivity index (χ0v) is 20.6. The van der Waals surface area contributed by atoms with Crippen LogP contribution in [0.3, 0.4) is 0 Å². The molecule has 1 saturated heterocycles. The number of piperazine rings is 1. The number of hydrogen-bond acceptors (Lipinski definition) is 3. The molecule has 2 heterocycles. The minimum absolute atomic E-state index is 0.133. The van der Waals surface area contributed by atoms with Crippen LogP contribution in [0.4, 0.5) is 4.79 Å². The Morgan fingerprint density at radius 1 is 0.892 bits per heavy atom. The van der Waals surface area contributed by atoms with Crippen LogP contribution in [0.15, 0.2) is 91.0 Å². The van der Waals surface area contributed by atoms with Crippen molar-refractivity contribution in [1.82, 2.24) is 14.4 Å². The highest BCUT2D eigenvalue weighted by Crippen LogP contribution is 2.33. The van der Waals surface area contributed by atoms with Gasteiger partial charge in [-0.15, -0.1) is 0 Å². The van der Waals surface area contributed by atoms with Crippen LogP contribution < -0.4 is 0 Å². The summed E-state index contributed by atoms with van der Waals surface area (Å²) in [7, 11) is 0. The lowest BCUT2D eigenvalue weighted by Crippen LogP contribution is -2.57. The fraction of sp³-hybridized carbons (Fsp3) is 0.200. The number of benzene rings is 3. The fourth-order valence-corrected chi connectivity index (χ4v) is 5.16. The van der Waals surface area contributed by atoms with Crippen molar-refractivity contribution >= 4 is 12.0 Å². The average Bonchev–Trinajstić information content (AvgIpc) is 3.26. The highest BCUT2D eigenvalue weighted by Gasteiger charge is 2.35. The molecule has 4 aromatic rings. The number of aryl methyl sites for hydroxylation is 1. The number of aromatic nitrogens is 1.